The lowest BCUT2D eigenvalue weighted by Crippen LogP contribution is -1.98. The van der Waals surface area contributed by atoms with Crippen molar-refractivity contribution in [2.45, 2.75) is 0 Å². The van der Waals surface area contributed by atoms with Crippen LogP contribution in [-0.2, 0) is 0 Å². The summed E-state index contributed by atoms with van der Waals surface area (Å²) in [5, 5.41) is 25.4. The second kappa shape index (κ2) is 7.46. The fraction of sp³-hybridized carbons (Fsp3) is 0. The highest BCUT2D eigenvalue weighted by molar-refractivity contribution is 5.79. The highest BCUT2D eigenvalue weighted by Gasteiger charge is 2.18. The van der Waals surface area contributed by atoms with Crippen LogP contribution in [-0.4, -0.2) is 16.1 Å². The molecule has 2 rings (SSSR count). The molecule has 1 N–H and O–H groups in total. The number of non-ortho nitro benzene ring substituents is 1. The minimum Gasteiger partial charge on any atom is -0.272 e. The van der Waals surface area contributed by atoms with E-state index in [1.54, 1.807) is 6.08 Å². The number of benzene rings is 2. The van der Waals surface area contributed by atoms with Gasteiger partial charge in [-0.1, -0.05) is 36.4 Å². The highest BCUT2D eigenvalue weighted by Crippen LogP contribution is 2.28. The molecule has 0 saturated carbocycles. The van der Waals surface area contributed by atoms with E-state index in [1.807, 2.05) is 36.4 Å². The lowest BCUT2D eigenvalue weighted by Gasteiger charge is -2.01. The Bertz CT molecular complexity index is 772. The molecule has 2 aromatic carbocycles. The molecule has 0 spiro atoms. The molecule has 0 heterocycles. The summed E-state index contributed by atoms with van der Waals surface area (Å²) in [7, 11) is 0. The SMILES string of the molecule is O=[N+]([O-])c1ccc(NN=C/C=C\c2ccccc2)c([N+](=O)[O-])c1. The molecule has 0 bridgehead atoms. The second-order valence-corrected chi connectivity index (χ2v) is 4.38. The summed E-state index contributed by atoms with van der Waals surface area (Å²) in [4.78, 5) is 20.2. The van der Waals surface area contributed by atoms with Crippen LogP contribution < -0.4 is 5.43 Å². The van der Waals surface area contributed by atoms with Crippen LogP contribution in [0.25, 0.3) is 6.08 Å². The number of nitro benzene ring substituents is 2. The van der Waals surface area contributed by atoms with Gasteiger partial charge in [-0.2, -0.15) is 5.10 Å². The number of anilines is 1. The van der Waals surface area contributed by atoms with Crippen molar-refractivity contribution in [2.75, 3.05) is 5.43 Å². The van der Waals surface area contributed by atoms with Gasteiger partial charge in [0.15, 0.2) is 0 Å². The Morgan fingerprint density at radius 3 is 2.39 bits per heavy atom. The second-order valence-electron chi connectivity index (χ2n) is 4.38. The zero-order valence-corrected chi connectivity index (χ0v) is 11.8. The largest absolute Gasteiger partial charge is 0.301 e. The van der Waals surface area contributed by atoms with Crippen LogP contribution in [0.3, 0.4) is 0 Å². The van der Waals surface area contributed by atoms with Gasteiger partial charge in [-0.05, 0) is 17.7 Å². The Balaban J connectivity index is 2.08. The molecule has 2 aromatic rings. The number of rotatable bonds is 6. The van der Waals surface area contributed by atoms with Gasteiger partial charge in [-0.25, -0.2) is 0 Å². The van der Waals surface area contributed by atoms with Crippen molar-refractivity contribution in [3.63, 3.8) is 0 Å². The average molecular weight is 312 g/mol. The maximum atomic E-state index is 10.9. The molecule has 0 aliphatic heterocycles. The Labute approximate surface area is 131 Å². The van der Waals surface area contributed by atoms with Crippen LogP contribution in [0.4, 0.5) is 17.1 Å². The fourth-order valence-electron chi connectivity index (χ4n) is 1.75. The summed E-state index contributed by atoms with van der Waals surface area (Å²) >= 11 is 0. The first kappa shape index (κ1) is 15.8. The molecule has 116 valence electrons. The maximum Gasteiger partial charge on any atom is 0.301 e. The topological polar surface area (TPSA) is 111 Å². The van der Waals surface area contributed by atoms with E-state index in [-0.39, 0.29) is 11.4 Å². The summed E-state index contributed by atoms with van der Waals surface area (Å²) in [5.74, 6) is 0. The van der Waals surface area contributed by atoms with Gasteiger partial charge >= 0.3 is 5.69 Å². The Morgan fingerprint density at radius 2 is 1.74 bits per heavy atom. The zero-order chi connectivity index (χ0) is 16.7. The van der Waals surface area contributed by atoms with E-state index in [1.165, 1.54) is 18.3 Å². The van der Waals surface area contributed by atoms with Gasteiger partial charge in [0.25, 0.3) is 5.69 Å². The van der Waals surface area contributed by atoms with E-state index in [9.17, 15) is 20.2 Å². The van der Waals surface area contributed by atoms with Gasteiger partial charge in [0.1, 0.15) is 5.69 Å². The van der Waals surface area contributed by atoms with E-state index in [0.29, 0.717) is 0 Å². The van der Waals surface area contributed by atoms with Crippen molar-refractivity contribution in [3.05, 3.63) is 80.4 Å². The van der Waals surface area contributed by atoms with Gasteiger partial charge in [0.05, 0.1) is 15.9 Å². The monoisotopic (exact) mass is 312 g/mol. The lowest BCUT2D eigenvalue weighted by molar-refractivity contribution is -0.393. The van der Waals surface area contributed by atoms with Crippen molar-refractivity contribution < 1.29 is 9.85 Å². The molecule has 0 fully saturated rings. The van der Waals surface area contributed by atoms with Gasteiger partial charge in [-0.15, -0.1) is 0 Å². The maximum absolute atomic E-state index is 10.9. The van der Waals surface area contributed by atoms with E-state index in [0.717, 1.165) is 11.6 Å². The number of hydrogen-bond acceptors (Lipinski definition) is 6. The molecule has 0 aliphatic rings. The van der Waals surface area contributed by atoms with Gasteiger partial charge in [0, 0.05) is 12.3 Å². The zero-order valence-electron chi connectivity index (χ0n) is 11.8. The fourth-order valence-corrected chi connectivity index (χ4v) is 1.75. The average Bonchev–Trinajstić information content (AvgIpc) is 2.55. The third-order valence-corrected chi connectivity index (χ3v) is 2.82. The summed E-state index contributed by atoms with van der Waals surface area (Å²) in [6, 6.07) is 12.8. The Hall–Kier alpha value is -3.55. The summed E-state index contributed by atoms with van der Waals surface area (Å²) in [6.45, 7) is 0. The van der Waals surface area contributed by atoms with Crippen LogP contribution in [0.5, 0.6) is 0 Å². The molecule has 0 unspecified atom stereocenters. The molecule has 0 atom stereocenters. The van der Waals surface area contributed by atoms with Gasteiger partial charge in [-0.3, -0.25) is 25.7 Å². The highest BCUT2D eigenvalue weighted by atomic mass is 16.6. The molecule has 23 heavy (non-hydrogen) atoms. The predicted octanol–water partition coefficient (Wildman–Crippen LogP) is 3.61. The van der Waals surface area contributed by atoms with Crippen LogP contribution in [0, 0.1) is 20.2 Å². The minimum atomic E-state index is -0.704. The smallest absolute Gasteiger partial charge is 0.272 e. The van der Waals surface area contributed by atoms with Crippen molar-refractivity contribution in [2.24, 2.45) is 5.10 Å². The standard InChI is InChI=1S/C15H12N4O4/c20-18(21)13-8-9-14(15(11-13)19(22)23)17-16-10-4-7-12-5-2-1-3-6-12/h1-11,17H/b7-4-,16-10?. The molecule has 0 aromatic heterocycles. The van der Waals surface area contributed by atoms with Crippen molar-refractivity contribution in [1.29, 1.82) is 0 Å². The van der Waals surface area contributed by atoms with Crippen molar-refractivity contribution in [1.82, 2.24) is 0 Å². The number of nitrogens with zero attached hydrogens (tertiary/aromatic N) is 3. The van der Waals surface area contributed by atoms with E-state index in [4.69, 9.17) is 0 Å². The van der Waals surface area contributed by atoms with Crippen molar-refractivity contribution in [3.8, 4) is 0 Å². The first-order valence-corrected chi connectivity index (χ1v) is 6.51. The predicted molar refractivity (Wildman–Crippen MR) is 87.3 cm³/mol. The summed E-state index contributed by atoms with van der Waals surface area (Å²) in [6.07, 6.45) is 4.91. The first-order chi connectivity index (χ1) is 11.1. The third-order valence-electron chi connectivity index (χ3n) is 2.82. The molecule has 0 radical (unpaired) electrons. The normalized spacial score (nSPS) is 11.0. The van der Waals surface area contributed by atoms with Crippen LogP contribution in [0.15, 0.2) is 59.7 Å². The summed E-state index contributed by atoms with van der Waals surface area (Å²) in [5.41, 5.74) is 2.80. The van der Waals surface area contributed by atoms with E-state index in [2.05, 4.69) is 10.5 Å². The van der Waals surface area contributed by atoms with Crippen LogP contribution in [0.1, 0.15) is 5.56 Å². The van der Waals surface area contributed by atoms with Crippen LogP contribution in [0.2, 0.25) is 0 Å². The number of hydrazone groups is 1. The molecule has 0 amide bonds. The van der Waals surface area contributed by atoms with E-state index >= 15 is 0 Å². The molecule has 0 saturated heterocycles. The Morgan fingerprint density at radius 1 is 1.00 bits per heavy atom. The molecule has 8 nitrogen and oxygen atoms in total. The number of nitro groups is 2. The first-order valence-electron chi connectivity index (χ1n) is 6.51. The van der Waals surface area contributed by atoms with Gasteiger partial charge in [0.2, 0.25) is 0 Å². The Kier molecular flexibility index (Phi) is 5.13. The number of allylic oxidation sites excluding steroid dienone is 1. The third kappa shape index (κ3) is 4.46. The van der Waals surface area contributed by atoms with Crippen LogP contribution >= 0.6 is 0 Å². The van der Waals surface area contributed by atoms with E-state index < -0.39 is 15.5 Å². The summed E-state index contributed by atoms with van der Waals surface area (Å²) < 4.78 is 0. The lowest BCUT2D eigenvalue weighted by atomic mass is 10.2. The molecular weight excluding hydrogens is 300 g/mol. The quantitative estimate of drug-likeness (QED) is 0.497. The molecule has 0 aliphatic carbocycles. The minimum absolute atomic E-state index is 0.0740. The molecule has 8 heteroatoms. The number of nitrogens with one attached hydrogen (secondary N) is 1. The molecular formula is C15H12N4O4. The number of hydrogen-bond donors (Lipinski definition) is 1. The van der Waals surface area contributed by atoms with Gasteiger partial charge < -0.3 is 0 Å². The van der Waals surface area contributed by atoms with Crippen molar-refractivity contribution >= 4 is 29.4 Å².